The third kappa shape index (κ3) is 6.48. The van der Waals surface area contributed by atoms with E-state index in [4.69, 9.17) is 14.2 Å². The molecule has 0 saturated carbocycles. The summed E-state index contributed by atoms with van der Waals surface area (Å²) >= 11 is 0. The second-order valence-corrected chi connectivity index (χ2v) is 7.07. The Bertz CT molecular complexity index is 758. The number of ether oxygens (including phenoxy) is 3. The van der Waals surface area contributed by atoms with Crippen LogP contribution in [0.5, 0.6) is 17.2 Å². The van der Waals surface area contributed by atoms with Gasteiger partial charge in [0, 0.05) is 6.54 Å². The number of hydrogen-bond donors (Lipinski definition) is 1. The summed E-state index contributed by atoms with van der Waals surface area (Å²) in [5.41, 5.74) is 1.48. The van der Waals surface area contributed by atoms with Gasteiger partial charge in [0.2, 0.25) is 0 Å². The first-order valence-electron chi connectivity index (χ1n) is 9.84. The van der Waals surface area contributed by atoms with Crippen LogP contribution in [0, 0.1) is 5.92 Å². The van der Waals surface area contributed by atoms with Crippen molar-refractivity contribution in [2.45, 2.75) is 40.2 Å². The predicted octanol–water partition coefficient (Wildman–Crippen LogP) is 4.84. The summed E-state index contributed by atoms with van der Waals surface area (Å²) in [4.78, 5) is 12.6. The lowest BCUT2D eigenvalue weighted by Gasteiger charge is -2.14. The summed E-state index contributed by atoms with van der Waals surface area (Å²) in [5.74, 6) is 2.22. The van der Waals surface area contributed by atoms with Crippen LogP contribution in [-0.2, 0) is 6.54 Å². The van der Waals surface area contributed by atoms with E-state index >= 15 is 0 Å². The monoisotopic (exact) mass is 385 g/mol. The van der Waals surface area contributed by atoms with E-state index in [0.29, 0.717) is 42.7 Å². The Hall–Kier alpha value is -2.69. The molecule has 1 amide bonds. The molecule has 0 spiro atoms. The van der Waals surface area contributed by atoms with Gasteiger partial charge in [0.15, 0.2) is 11.5 Å². The summed E-state index contributed by atoms with van der Waals surface area (Å²) in [5, 5.41) is 2.95. The number of para-hydroxylation sites is 1. The van der Waals surface area contributed by atoms with Gasteiger partial charge in [0.25, 0.3) is 5.91 Å². The molecule has 0 unspecified atom stereocenters. The van der Waals surface area contributed by atoms with Gasteiger partial charge in [-0.25, -0.2) is 0 Å². The molecular formula is C23H31NO4. The van der Waals surface area contributed by atoms with Crippen molar-refractivity contribution in [2.75, 3.05) is 20.3 Å². The fourth-order valence-corrected chi connectivity index (χ4v) is 2.58. The highest BCUT2D eigenvalue weighted by Gasteiger charge is 2.13. The van der Waals surface area contributed by atoms with Crippen LogP contribution in [0.1, 0.15) is 49.5 Å². The van der Waals surface area contributed by atoms with Crippen LogP contribution in [0.15, 0.2) is 42.5 Å². The van der Waals surface area contributed by atoms with Gasteiger partial charge < -0.3 is 19.5 Å². The molecule has 0 saturated heterocycles. The number of amides is 1. The molecule has 28 heavy (non-hydrogen) atoms. The average Bonchev–Trinajstić information content (AvgIpc) is 2.71. The Morgan fingerprint density at radius 2 is 1.82 bits per heavy atom. The molecule has 5 nitrogen and oxygen atoms in total. The van der Waals surface area contributed by atoms with Crippen molar-refractivity contribution in [1.29, 1.82) is 0 Å². The standard InChI is InChI=1S/C23H31NO4/c1-5-6-13-27-21-12-11-18(14-22(21)26-4)15-24-23(25)19-9-7-8-10-20(19)28-16-17(2)3/h7-12,14,17H,5-6,13,15-16H2,1-4H3,(H,24,25). The molecule has 1 N–H and O–H groups in total. The SMILES string of the molecule is CCCCOc1ccc(CNC(=O)c2ccccc2OCC(C)C)cc1OC. The Morgan fingerprint density at radius 1 is 1.04 bits per heavy atom. The minimum absolute atomic E-state index is 0.165. The largest absolute Gasteiger partial charge is 0.493 e. The Balaban J connectivity index is 2.01. The van der Waals surface area contributed by atoms with E-state index in [1.54, 1.807) is 13.2 Å². The van der Waals surface area contributed by atoms with Gasteiger partial charge in [0.1, 0.15) is 5.75 Å². The van der Waals surface area contributed by atoms with E-state index in [0.717, 1.165) is 24.2 Å². The number of carbonyl (C=O) groups excluding carboxylic acids is 1. The van der Waals surface area contributed by atoms with E-state index in [9.17, 15) is 4.79 Å². The van der Waals surface area contributed by atoms with Gasteiger partial charge in [-0.1, -0.05) is 45.4 Å². The molecule has 0 heterocycles. The minimum atomic E-state index is -0.165. The zero-order chi connectivity index (χ0) is 20.4. The predicted molar refractivity (Wildman–Crippen MR) is 111 cm³/mol. The number of benzene rings is 2. The van der Waals surface area contributed by atoms with Gasteiger partial charge in [-0.05, 0) is 42.2 Å². The van der Waals surface area contributed by atoms with E-state index in [1.165, 1.54) is 0 Å². The summed E-state index contributed by atoms with van der Waals surface area (Å²) in [7, 11) is 1.62. The van der Waals surface area contributed by atoms with Crippen LogP contribution < -0.4 is 19.5 Å². The van der Waals surface area contributed by atoms with Gasteiger partial charge >= 0.3 is 0 Å². The minimum Gasteiger partial charge on any atom is -0.493 e. The molecule has 0 radical (unpaired) electrons. The van der Waals surface area contributed by atoms with Crippen molar-refractivity contribution >= 4 is 5.91 Å². The molecule has 0 aliphatic carbocycles. The lowest BCUT2D eigenvalue weighted by molar-refractivity contribution is 0.0946. The molecule has 5 heteroatoms. The summed E-state index contributed by atoms with van der Waals surface area (Å²) < 4.78 is 16.9. The van der Waals surface area contributed by atoms with Crippen molar-refractivity contribution < 1.29 is 19.0 Å². The highest BCUT2D eigenvalue weighted by Crippen LogP contribution is 2.28. The maximum Gasteiger partial charge on any atom is 0.255 e. The first-order chi connectivity index (χ1) is 13.5. The van der Waals surface area contributed by atoms with Gasteiger partial charge in [0.05, 0.1) is 25.9 Å². The van der Waals surface area contributed by atoms with Crippen LogP contribution >= 0.6 is 0 Å². The number of carbonyl (C=O) groups is 1. The van der Waals surface area contributed by atoms with E-state index in [-0.39, 0.29) is 5.91 Å². The Labute approximate surface area is 168 Å². The quantitative estimate of drug-likeness (QED) is 0.563. The van der Waals surface area contributed by atoms with Crippen LogP contribution in [0.3, 0.4) is 0 Å². The third-order valence-electron chi connectivity index (χ3n) is 4.14. The Morgan fingerprint density at radius 3 is 2.54 bits per heavy atom. The van der Waals surface area contributed by atoms with Crippen molar-refractivity contribution in [3.63, 3.8) is 0 Å². The first-order valence-corrected chi connectivity index (χ1v) is 9.84. The molecule has 0 atom stereocenters. The van der Waals surface area contributed by atoms with E-state index < -0.39 is 0 Å². The second kappa shape index (κ2) is 11.2. The molecule has 0 aliphatic heterocycles. The van der Waals surface area contributed by atoms with Crippen molar-refractivity contribution in [2.24, 2.45) is 5.92 Å². The second-order valence-electron chi connectivity index (χ2n) is 7.07. The van der Waals surface area contributed by atoms with Crippen LogP contribution in [0.25, 0.3) is 0 Å². The fraction of sp³-hybridized carbons (Fsp3) is 0.435. The highest BCUT2D eigenvalue weighted by atomic mass is 16.5. The van der Waals surface area contributed by atoms with Gasteiger partial charge in [-0.3, -0.25) is 4.79 Å². The summed E-state index contributed by atoms with van der Waals surface area (Å²) in [6, 6.07) is 13.0. The molecule has 0 fully saturated rings. The number of methoxy groups -OCH3 is 1. The molecule has 152 valence electrons. The van der Waals surface area contributed by atoms with Crippen LogP contribution in [0.2, 0.25) is 0 Å². The average molecular weight is 386 g/mol. The van der Waals surface area contributed by atoms with Crippen molar-refractivity contribution in [3.05, 3.63) is 53.6 Å². The molecule has 2 aromatic carbocycles. The molecule has 2 aromatic rings. The number of rotatable bonds is 11. The van der Waals surface area contributed by atoms with Gasteiger partial charge in [-0.15, -0.1) is 0 Å². The lowest BCUT2D eigenvalue weighted by Crippen LogP contribution is -2.23. The van der Waals surface area contributed by atoms with Crippen molar-refractivity contribution in [3.8, 4) is 17.2 Å². The maximum absolute atomic E-state index is 12.6. The van der Waals surface area contributed by atoms with E-state index in [1.807, 2.05) is 36.4 Å². The molecule has 0 bridgehead atoms. The van der Waals surface area contributed by atoms with E-state index in [2.05, 4.69) is 26.1 Å². The topological polar surface area (TPSA) is 56.8 Å². The zero-order valence-corrected chi connectivity index (χ0v) is 17.3. The number of nitrogens with one attached hydrogen (secondary N) is 1. The number of unbranched alkanes of at least 4 members (excludes halogenated alkanes) is 1. The zero-order valence-electron chi connectivity index (χ0n) is 17.3. The van der Waals surface area contributed by atoms with Crippen LogP contribution in [-0.4, -0.2) is 26.2 Å². The lowest BCUT2D eigenvalue weighted by atomic mass is 10.1. The summed E-state index contributed by atoms with van der Waals surface area (Å²) in [6.07, 6.45) is 2.08. The fourth-order valence-electron chi connectivity index (χ4n) is 2.58. The first kappa shape index (κ1) is 21.6. The van der Waals surface area contributed by atoms with Crippen LogP contribution in [0.4, 0.5) is 0 Å². The highest BCUT2D eigenvalue weighted by molar-refractivity contribution is 5.96. The third-order valence-corrected chi connectivity index (χ3v) is 4.14. The Kier molecular flexibility index (Phi) is 8.66. The molecular weight excluding hydrogens is 354 g/mol. The smallest absolute Gasteiger partial charge is 0.255 e. The van der Waals surface area contributed by atoms with Gasteiger partial charge in [-0.2, -0.15) is 0 Å². The normalized spacial score (nSPS) is 10.6. The molecule has 2 rings (SSSR count). The molecule has 0 aliphatic rings. The summed E-state index contributed by atoms with van der Waals surface area (Å²) in [6.45, 7) is 7.90. The number of hydrogen-bond acceptors (Lipinski definition) is 4. The maximum atomic E-state index is 12.6. The molecule has 0 aromatic heterocycles. The van der Waals surface area contributed by atoms with Crippen molar-refractivity contribution in [1.82, 2.24) is 5.32 Å².